The maximum atomic E-state index is 13.1. The highest BCUT2D eigenvalue weighted by Gasteiger charge is 2.22. The zero-order chi connectivity index (χ0) is 15.4. The van der Waals surface area contributed by atoms with E-state index >= 15 is 0 Å². The first-order valence-electron chi connectivity index (χ1n) is 6.68. The number of amides is 2. The zero-order valence-corrected chi connectivity index (χ0v) is 12.7. The third kappa shape index (κ3) is 4.10. The van der Waals surface area contributed by atoms with Gasteiger partial charge in [-0.25, -0.2) is 4.39 Å². The standard InChI is InChI=1S/C14H18FN3O2S/c1-10(19)17-4-6-18(7-5-17)14(20)9-21-13-8-11(15)2-3-12(13)16/h2-3,8H,4-7,9,16H2,1H3. The number of piperazine rings is 1. The molecule has 0 aliphatic carbocycles. The van der Waals surface area contributed by atoms with E-state index in [2.05, 4.69) is 0 Å². The number of carbonyl (C=O) groups excluding carboxylic acids is 2. The molecule has 0 spiro atoms. The lowest BCUT2D eigenvalue weighted by Gasteiger charge is -2.34. The minimum Gasteiger partial charge on any atom is -0.398 e. The normalized spacial score (nSPS) is 15.1. The van der Waals surface area contributed by atoms with Crippen LogP contribution in [0.1, 0.15) is 6.92 Å². The van der Waals surface area contributed by atoms with Crippen LogP contribution in [0.4, 0.5) is 10.1 Å². The molecule has 1 aliphatic rings. The molecule has 2 N–H and O–H groups in total. The number of nitrogens with zero attached hydrogens (tertiary/aromatic N) is 2. The van der Waals surface area contributed by atoms with Crippen LogP contribution in [0.5, 0.6) is 0 Å². The number of thioether (sulfide) groups is 1. The second-order valence-electron chi connectivity index (χ2n) is 4.86. The van der Waals surface area contributed by atoms with E-state index in [-0.39, 0.29) is 23.4 Å². The van der Waals surface area contributed by atoms with Crippen LogP contribution in [-0.2, 0) is 9.59 Å². The Morgan fingerprint density at radius 1 is 1.24 bits per heavy atom. The molecule has 2 rings (SSSR count). The molecular formula is C14H18FN3O2S. The summed E-state index contributed by atoms with van der Waals surface area (Å²) in [6.45, 7) is 3.73. The molecule has 1 aromatic carbocycles. The van der Waals surface area contributed by atoms with Crippen LogP contribution in [0.2, 0.25) is 0 Å². The molecule has 0 atom stereocenters. The first-order valence-corrected chi connectivity index (χ1v) is 7.67. The number of carbonyl (C=O) groups is 2. The van der Waals surface area contributed by atoms with Crippen molar-refractivity contribution in [1.29, 1.82) is 0 Å². The molecule has 0 bridgehead atoms. The van der Waals surface area contributed by atoms with Gasteiger partial charge in [0, 0.05) is 43.7 Å². The van der Waals surface area contributed by atoms with Gasteiger partial charge in [-0.2, -0.15) is 0 Å². The second-order valence-corrected chi connectivity index (χ2v) is 5.87. The summed E-state index contributed by atoms with van der Waals surface area (Å²) in [7, 11) is 0. The van der Waals surface area contributed by atoms with Gasteiger partial charge in [-0.05, 0) is 18.2 Å². The average Bonchev–Trinajstić information content (AvgIpc) is 2.48. The van der Waals surface area contributed by atoms with Crippen molar-refractivity contribution in [2.24, 2.45) is 0 Å². The van der Waals surface area contributed by atoms with Gasteiger partial charge in [-0.3, -0.25) is 9.59 Å². The number of nitrogen functional groups attached to an aromatic ring is 1. The van der Waals surface area contributed by atoms with Crippen molar-refractivity contribution >= 4 is 29.3 Å². The number of rotatable bonds is 3. The van der Waals surface area contributed by atoms with Crippen LogP contribution < -0.4 is 5.73 Å². The fraction of sp³-hybridized carbons (Fsp3) is 0.429. The van der Waals surface area contributed by atoms with E-state index in [9.17, 15) is 14.0 Å². The third-order valence-corrected chi connectivity index (χ3v) is 4.46. The molecule has 1 heterocycles. The molecule has 0 radical (unpaired) electrons. The summed E-state index contributed by atoms with van der Waals surface area (Å²) in [6.07, 6.45) is 0. The number of halogens is 1. The Hall–Kier alpha value is -1.76. The minimum absolute atomic E-state index is 0.0214. The van der Waals surface area contributed by atoms with Crippen molar-refractivity contribution < 1.29 is 14.0 Å². The van der Waals surface area contributed by atoms with Gasteiger partial charge in [-0.15, -0.1) is 11.8 Å². The smallest absolute Gasteiger partial charge is 0.233 e. The van der Waals surface area contributed by atoms with Crippen molar-refractivity contribution in [3.05, 3.63) is 24.0 Å². The predicted octanol–water partition coefficient (Wildman–Crippen LogP) is 1.19. The van der Waals surface area contributed by atoms with Crippen molar-refractivity contribution in [3.63, 3.8) is 0 Å². The molecule has 5 nitrogen and oxygen atoms in total. The first-order chi connectivity index (χ1) is 9.97. The minimum atomic E-state index is -0.366. The van der Waals surface area contributed by atoms with E-state index in [4.69, 9.17) is 5.73 Å². The summed E-state index contributed by atoms with van der Waals surface area (Å²) in [5.41, 5.74) is 6.22. The van der Waals surface area contributed by atoms with Gasteiger partial charge in [0.05, 0.1) is 5.75 Å². The highest BCUT2D eigenvalue weighted by molar-refractivity contribution is 8.00. The van der Waals surface area contributed by atoms with Gasteiger partial charge < -0.3 is 15.5 Å². The summed E-state index contributed by atoms with van der Waals surface area (Å²) >= 11 is 1.23. The van der Waals surface area contributed by atoms with Gasteiger partial charge in [0.25, 0.3) is 0 Å². The maximum Gasteiger partial charge on any atom is 0.233 e. The van der Waals surface area contributed by atoms with E-state index in [1.807, 2.05) is 0 Å². The molecule has 1 fully saturated rings. The Balaban J connectivity index is 1.85. The Morgan fingerprint density at radius 3 is 2.48 bits per heavy atom. The number of anilines is 1. The van der Waals surface area contributed by atoms with Crippen LogP contribution in [0.3, 0.4) is 0 Å². The lowest BCUT2D eigenvalue weighted by atomic mass is 10.3. The summed E-state index contributed by atoms with van der Waals surface area (Å²) in [5.74, 6) is -0.140. The molecule has 1 aliphatic heterocycles. The fourth-order valence-corrected chi connectivity index (χ4v) is 3.03. The molecule has 114 valence electrons. The monoisotopic (exact) mass is 311 g/mol. The highest BCUT2D eigenvalue weighted by atomic mass is 32.2. The number of benzene rings is 1. The lowest BCUT2D eigenvalue weighted by Crippen LogP contribution is -2.50. The van der Waals surface area contributed by atoms with E-state index in [1.54, 1.807) is 9.80 Å². The van der Waals surface area contributed by atoms with Crippen molar-refractivity contribution in [2.75, 3.05) is 37.7 Å². The summed E-state index contributed by atoms with van der Waals surface area (Å²) in [5, 5.41) is 0. The molecule has 0 aromatic heterocycles. The molecule has 1 aromatic rings. The first kappa shape index (κ1) is 15.6. The molecule has 1 saturated heterocycles. The van der Waals surface area contributed by atoms with Crippen LogP contribution in [0.25, 0.3) is 0 Å². The largest absolute Gasteiger partial charge is 0.398 e. The number of hydrogen-bond acceptors (Lipinski definition) is 4. The van der Waals surface area contributed by atoms with Crippen LogP contribution in [-0.4, -0.2) is 53.5 Å². The van der Waals surface area contributed by atoms with E-state index in [0.29, 0.717) is 36.8 Å². The third-order valence-electron chi connectivity index (χ3n) is 3.40. The highest BCUT2D eigenvalue weighted by Crippen LogP contribution is 2.26. The van der Waals surface area contributed by atoms with E-state index in [1.165, 1.54) is 36.9 Å². The average molecular weight is 311 g/mol. The van der Waals surface area contributed by atoms with Gasteiger partial charge in [0.1, 0.15) is 5.82 Å². The number of nitrogens with two attached hydrogens (primary N) is 1. The van der Waals surface area contributed by atoms with Crippen molar-refractivity contribution in [3.8, 4) is 0 Å². The van der Waals surface area contributed by atoms with Gasteiger partial charge in [-0.1, -0.05) is 0 Å². The Labute approximate surface area is 127 Å². The van der Waals surface area contributed by atoms with Crippen LogP contribution >= 0.6 is 11.8 Å². The van der Waals surface area contributed by atoms with E-state index < -0.39 is 0 Å². The second kappa shape index (κ2) is 6.80. The zero-order valence-electron chi connectivity index (χ0n) is 11.8. The molecule has 7 heteroatoms. The quantitative estimate of drug-likeness (QED) is 0.673. The number of hydrogen-bond donors (Lipinski definition) is 1. The van der Waals surface area contributed by atoms with E-state index in [0.717, 1.165) is 0 Å². The van der Waals surface area contributed by atoms with Gasteiger partial charge in [0.15, 0.2) is 0 Å². The van der Waals surface area contributed by atoms with Gasteiger partial charge in [0.2, 0.25) is 11.8 Å². The van der Waals surface area contributed by atoms with Crippen LogP contribution in [0.15, 0.2) is 23.1 Å². The van der Waals surface area contributed by atoms with Crippen LogP contribution in [0, 0.1) is 5.82 Å². The Kier molecular flexibility index (Phi) is 5.06. The predicted molar refractivity (Wildman–Crippen MR) is 80.4 cm³/mol. The molecular weight excluding hydrogens is 293 g/mol. The van der Waals surface area contributed by atoms with Crippen molar-refractivity contribution in [2.45, 2.75) is 11.8 Å². The summed E-state index contributed by atoms with van der Waals surface area (Å²) < 4.78 is 13.1. The Bertz CT molecular complexity index is 545. The molecule has 2 amide bonds. The van der Waals surface area contributed by atoms with Crippen molar-refractivity contribution in [1.82, 2.24) is 9.80 Å². The summed E-state index contributed by atoms with van der Waals surface area (Å²) in [4.78, 5) is 27.4. The molecule has 0 saturated carbocycles. The SMILES string of the molecule is CC(=O)N1CCN(C(=O)CSc2cc(F)ccc2N)CC1. The fourth-order valence-electron chi connectivity index (χ4n) is 2.13. The van der Waals surface area contributed by atoms with Gasteiger partial charge >= 0.3 is 0 Å². The summed E-state index contributed by atoms with van der Waals surface area (Å²) in [6, 6.07) is 4.12. The topological polar surface area (TPSA) is 66.6 Å². The molecule has 21 heavy (non-hydrogen) atoms. The molecule has 0 unspecified atom stereocenters. The maximum absolute atomic E-state index is 13.1. The lowest BCUT2D eigenvalue weighted by molar-refractivity contribution is -0.136. The Morgan fingerprint density at radius 2 is 1.86 bits per heavy atom.